The molecule has 0 saturated carbocycles. The first-order valence-corrected chi connectivity index (χ1v) is 7.86. The highest BCUT2D eigenvalue weighted by molar-refractivity contribution is 6.30. The van der Waals surface area contributed by atoms with Crippen LogP contribution in [0.1, 0.15) is 29.3 Å². The Bertz CT molecular complexity index is 734. The van der Waals surface area contributed by atoms with Gasteiger partial charge in [0.25, 0.3) is 0 Å². The summed E-state index contributed by atoms with van der Waals surface area (Å²) in [4.78, 5) is 16.9. The van der Waals surface area contributed by atoms with Crippen LogP contribution >= 0.6 is 11.6 Å². The third kappa shape index (κ3) is 5.25. The summed E-state index contributed by atoms with van der Waals surface area (Å²) in [5.41, 5.74) is 2.06. The fourth-order valence-electron chi connectivity index (χ4n) is 1.86. The van der Waals surface area contributed by atoms with Gasteiger partial charge in [-0.05, 0) is 54.5 Å². The van der Waals surface area contributed by atoms with Gasteiger partial charge < -0.3 is 9.57 Å². The Hall–Kier alpha value is -2.59. The van der Waals surface area contributed by atoms with Crippen molar-refractivity contribution >= 4 is 29.4 Å². The molecule has 0 fully saturated rings. The van der Waals surface area contributed by atoms with Gasteiger partial charge in [-0.25, -0.2) is 4.79 Å². The fraction of sp³-hybridized carbons (Fsp3) is 0.158. The van der Waals surface area contributed by atoms with Crippen LogP contribution in [0.2, 0.25) is 5.02 Å². The first kappa shape index (κ1) is 17.8. The molecule has 0 aliphatic heterocycles. The molecule has 4 nitrogen and oxygen atoms in total. The number of hydrogen-bond acceptors (Lipinski definition) is 4. The summed E-state index contributed by atoms with van der Waals surface area (Å²) in [5, 5.41) is 4.47. The Morgan fingerprint density at radius 3 is 2.38 bits per heavy atom. The van der Waals surface area contributed by atoms with E-state index in [1.54, 1.807) is 31.4 Å². The lowest BCUT2D eigenvalue weighted by Crippen LogP contribution is -2.03. The van der Waals surface area contributed by atoms with Crippen LogP contribution in [-0.4, -0.2) is 18.8 Å². The lowest BCUT2D eigenvalue weighted by Gasteiger charge is -2.01. The summed E-state index contributed by atoms with van der Waals surface area (Å²) in [7, 11) is 1.63. The van der Waals surface area contributed by atoms with Crippen molar-refractivity contribution in [1.29, 1.82) is 0 Å². The molecule has 0 amide bonds. The van der Waals surface area contributed by atoms with Crippen molar-refractivity contribution < 1.29 is 14.4 Å². The molecule has 0 heterocycles. The number of carbonyl (C=O) groups is 1. The van der Waals surface area contributed by atoms with E-state index in [2.05, 4.69) is 5.16 Å². The van der Waals surface area contributed by atoms with Gasteiger partial charge in [0.2, 0.25) is 0 Å². The lowest BCUT2D eigenvalue weighted by atomic mass is 10.1. The summed E-state index contributed by atoms with van der Waals surface area (Å²) in [5.74, 6) is 0.281. The number of hydrogen-bond donors (Lipinski definition) is 0. The van der Waals surface area contributed by atoms with Crippen LogP contribution in [0.4, 0.5) is 0 Å². The van der Waals surface area contributed by atoms with Gasteiger partial charge in [0.1, 0.15) is 5.75 Å². The monoisotopic (exact) mass is 343 g/mol. The zero-order valence-electron chi connectivity index (χ0n) is 13.5. The van der Waals surface area contributed by atoms with Crippen LogP contribution in [0.3, 0.4) is 0 Å². The third-order valence-electron chi connectivity index (χ3n) is 3.27. The molecule has 0 spiro atoms. The summed E-state index contributed by atoms with van der Waals surface area (Å²) in [6.45, 7) is 1.94. The van der Waals surface area contributed by atoms with E-state index in [0.717, 1.165) is 11.3 Å². The second-order valence-corrected chi connectivity index (χ2v) is 5.36. The van der Waals surface area contributed by atoms with Crippen LogP contribution in [0.25, 0.3) is 6.08 Å². The largest absolute Gasteiger partial charge is 0.497 e. The smallest absolute Gasteiger partial charge is 0.365 e. The van der Waals surface area contributed by atoms with E-state index < -0.39 is 5.97 Å². The standard InChI is InChI=1S/C19H18ClNO3/c1-3-17(11-4-14-5-12-18(23-2)13-6-14)21-24-19(22)15-7-9-16(20)10-8-15/h4-13H,3H2,1-2H3/b11-4+,21-17+. The van der Waals surface area contributed by atoms with Crippen LogP contribution < -0.4 is 4.74 Å². The molecule has 2 aromatic carbocycles. The number of halogens is 1. The SMILES string of the molecule is CCC(/C=C/c1ccc(OC)cc1)=N\OC(=O)c1ccc(Cl)cc1. The van der Waals surface area contributed by atoms with E-state index in [1.807, 2.05) is 43.3 Å². The minimum absolute atomic E-state index is 0.401. The first-order valence-electron chi connectivity index (χ1n) is 7.48. The van der Waals surface area contributed by atoms with Gasteiger partial charge in [0.05, 0.1) is 18.4 Å². The molecular weight excluding hydrogens is 326 g/mol. The van der Waals surface area contributed by atoms with Gasteiger partial charge in [-0.2, -0.15) is 0 Å². The Morgan fingerprint density at radius 1 is 1.12 bits per heavy atom. The van der Waals surface area contributed by atoms with E-state index in [1.165, 1.54) is 0 Å². The van der Waals surface area contributed by atoms with E-state index >= 15 is 0 Å². The Morgan fingerprint density at radius 2 is 1.79 bits per heavy atom. The highest BCUT2D eigenvalue weighted by Crippen LogP contribution is 2.13. The van der Waals surface area contributed by atoms with Gasteiger partial charge in [0, 0.05) is 5.02 Å². The molecule has 5 heteroatoms. The van der Waals surface area contributed by atoms with Crippen molar-refractivity contribution in [1.82, 2.24) is 0 Å². The molecule has 0 radical (unpaired) electrons. The summed E-state index contributed by atoms with van der Waals surface area (Å²) >= 11 is 5.79. The number of rotatable bonds is 6. The van der Waals surface area contributed by atoms with Gasteiger partial charge in [-0.1, -0.05) is 41.9 Å². The fourth-order valence-corrected chi connectivity index (χ4v) is 1.99. The van der Waals surface area contributed by atoms with Crippen molar-refractivity contribution in [3.8, 4) is 5.75 Å². The molecule has 0 unspecified atom stereocenters. The van der Waals surface area contributed by atoms with Gasteiger partial charge in [-0.3, -0.25) is 0 Å². The third-order valence-corrected chi connectivity index (χ3v) is 3.52. The normalized spacial score (nSPS) is 11.5. The van der Waals surface area contributed by atoms with Crippen LogP contribution in [0, 0.1) is 0 Å². The highest BCUT2D eigenvalue weighted by Gasteiger charge is 2.06. The molecule has 0 aliphatic rings. The zero-order valence-corrected chi connectivity index (χ0v) is 14.3. The van der Waals surface area contributed by atoms with E-state index in [0.29, 0.717) is 22.7 Å². The van der Waals surface area contributed by atoms with E-state index in [-0.39, 0.29) is 0 Å². The second kappa shape index (κ2) is 8.89. The van der Waals surface area contributed by atoms with Crippen molar-refractivity contribution in [2.75, 3.05) is 7.11 Å². The topological polar surface area (TPSA) is 47.9 Å². The lowest BCUT2D eigenvalue weighted by molar-refractivity contribution is 0.0516. The molecule has 0 N–H and O–H groups in total. The molecule has 0 atom stereocenters. The molecule has 0 saturated heterocycles. The second-order valence-electron chi connectivity index (χ2n) is 4.93. The number of oxime groups is 1. The molecule has 0 bridgehead atoms. The molecule has 2 rings (SSSR count). The quantitative estimate of drug-likeness (QED) is 0.422. The van der Waals surface area contributed by atoms with Crippen molar-refractivity contribution in [2.24, 2.45) is 5.16 Å². The highest BCUT2D eigenvalue weighted by atomic mass is 35.5. The van der Waals surface area contributed by atoms with Gasteiger partial charge in [0.15, 0.2) is 0 Å². The molecule has 24 heavy (non-hydrogen) atoms. The summed E-state index contributed by atoms with van der Waals surface area (Å²) in [6, 6.07) is 14.1. The molecular formula is C19H18ClNO3. The average Bonchev–Trinajstić information content (AvgIpc) is 2.62. The Balaban J connectivity index is 2.01. The van der Waals surface area contributed by atoms with E-state index in [9.17, 15) is 4.79 Å². The Kier molecular flexibility index (Phi) is 6.58. The van der Waals surface area contributed by atoms with Crippen molar-refractivity contribution in [2.45, 2.75) is 13.3 Å². The molecule has 124 valence electrons. The molecule has 0 aromatic heterocycles. The first-order chi connectivity index (χ1) is 11.6. The maximum absolute atomic E-state index is 11.9. The average molecular weight is 344 g/mol. The number of nitrogens with zero attached hydrogens (tertiary/aromatic N) is 1. The van der Waals surface area contributed by atoms with Crippen LogP contribution in [-0.2, 0) is 4.84 Å². The summed E-state index contributed by atoms with van der Waals surface area (Å²) in [6.07, 6.45) is 4.36. The number of allylic oxidation sites excluding steroid dienone is 1. The predicted octanol–water partition coefficient (Wildman–Crippen LogP) is 4.98. The predicted molar refractivity (Wildman–Crippen MR) is 96.6 cm³/mol. The van der Waals surface area contributed by atoms with Crippen LogP contribution in [0.15, 0.2) is 59.8 Å². The van der Waals surface area contributed by atoms with Crippen molar-refractivity contribution in [3.05, 3.63) is 70.8 Å². The Labute approximate surface area is 146 Å². The van der Waals surface area contributed by atoms with Gasteiger partial charge in [-0.15, -0.1) is 0 Å². The van der Waals surface area contributed by atoms with E-state index in [4.69, 9.17) is 21.2 Å². The molecule has 2 aromatic rings. The minimum atomic E-state index is -0.518. The maximum Gasteiger partial charge on any atom is 0.365 e. The maximum atomic E-state index is 11.9. The van der Waals surface area contributed by atoms with Crippen molar-refractivity contribution in [3.63, 3.8) is 0 Å². The van der Waals surface area contributed by atoms with Crippen LogP contribution in [0.5, 0.6) is 5.75 Å². The molecule has 0 aliphatic carbocycles. The number of benzene rings is 2. The van der Waals surface area contributed by atoms with Gasteiger partial charge >= 0.3 is 5.97 Å². The number of ether oxygens (including phenoxy) is 1. The number of methoxy groups -OCH3 is 1. The summed E-state index contributed by atoms with van der Waals surface area (Å²) < 4.78 is 5.12. The zero-order chi connectivity index (χ0) is 17.4. The minimum Gasteiger partial charge on any atom is -0.497 e. The number of carbonyl (C=O) groups excluding carboxylic acids is 1.